The third-order valence-corrected chi connectivity index (χ3v) is 7.41. The predicted molar refractivity (Wildman–Crippen MR) is 139 cm³/mol. The van der Waals surface area contributed by atoms with Crippen molar-refractivity contribution < 1.29 is 9.59 Å². The third kappa shape index (κ3) is 4.46. The quantitative estimate of drug-likeness (QED) is 0.503. The number of hydrogen-bond donors (Lipinski definition) is 0. The fourth-order valence-corrected chi connectivity index (χ4v) is 5.52. The second kappa shape index (κ2) is 9.39. The number of fused-ring (bicyclic) bond motifs is 1. The summed E-state index contributed by atoms with van der Waals surface area (Å²) in [6.07, 6.45) is 1.94. The van der Waals surface area contributed by atoms with Gasteiger partial charge in [-0.15, -0.1) is 0 Å². The van der Waals surface area contributed by atoms with Crippen LogP contribution in [0.1, 0.15) is 21.5 Å². The van der Waals surface area contributed by atoms with Crippen molar-refractivity contribution in [3.63, 3.8) is 0 Å². The molecule has 0 atom stereocenters. The molecule has 34 heavy (non-hydrogen) atoms. The van der Waals surface area contributed by atoms with Crippen LogP contribution in [0.5, 0.6) is 0 Å². The number of carbonyl (C=O) groups excluding carboxylic acids is 2. The number of thioether (sulfide) groups is 1. The molecule has 0 saturated carbocycles. The van der Waals surface area contributed by atoms with E-state index in [0.717, 1.165) is 34.8 Å². The number of anilines is 2. The summed E-state index contributed by atoms with van der Waals surface area (Å²) in [7, 11) is 1.78. The molecule has 6 heteroatoms. The van der Waals surface area contributed by atoms with Gasteiger partial charge in [0, 0.05) is 49.4 Å². The zero-order chi connectivity index (χ0) is 23.7. The van der Waals surface area contributed by atoms with Gasteiger partial charge < -0.3 is 14.7 Å². The first-order valence-corrected chi connectivity index (χ1v) is 12.3. The average Bonchev–Trinajstić information content (AvgIpc) is 2.87. The molecule has 172 valence electrons. The molecule has 0 unspecified atom stereocenters. The number of likely N-dealkylation sites (N-methyl/N-ethyl adjacent to an activating group) is 1. The first kappa shape index (κ1) is 22.3. The van der Waals surface area contributed by atoms with E-state index in [9.17, 15) is 9.59 Å². The fraction of sp³-hybridized carbons (Fsp3) is 0.214. The van der Waals surface area contributed by atoms with Crippen LogP contribution in [0.3, 0.4) is 0 Å². The van der Waals surface area contributed by atoms with E-state index in [2.05, 4.69) is 23.1 Å². The highest BCUT2D eigenvalue weighted by Gasteiger charge is 2.29. The van der Waals surface area contributed by atoms with E-state index in [-0.39, 0.29) is 11.8 Å². The summed E-state index contributed by atoms with van der Waals surface area (Å²) in [6.45, 7) is 5.01. The van der Waals surface area contributed by atoms with Gasteiger partial charge in [-0.25, -0.2) is 0 Å². The standard InChI is InChI=1S/C28H27N3O2S/c1-20-7-6-8-21(17-20)18-26-28(33)29(2)24-19-22(11-12-25(24)34-26)27(32)31-15-13-30(14-16-31)23-9-4-3-5-10-23/h3-12,17-19H,13-16H2,1-2H3. The van der Waals surface area contributed by atoms with Crippen LogP contribution in [0, 0.1) is 6.92 Å². The van der Waals surface area contributed by atoms with Crippen molar-refractivity contribution in [3.05, 3.63) is 94.4 Å². The lowest BCUT2D eigenvalue weighted by Gasteiger charge is -2.36. The molecule has 2 heterocycles. The summed E-state index contributed by atoms with van der Waals surface area (Å²) in [5.74, 6) is -0.0393. The maximum absolute atomic E-state index is 13.2. The van der Waals surface area contributed by atoms with Gasteiger partial charge in [0.2, 0.25) is 0 Å². The summed E-state index contributed by atoms with van der Waals surface area (Å²) in [4.78, 5) is 33.8. The highest BCUT2D eigenvalue weighted by Crippen LogP contribution is 2.42. The van der Waals surface area contributed by atoms with Gasteiger partial charge in [-0.1, -0.05) is 59.8 Å². The lowest BCUT2D eigenvalue weighted by molar-refractivity contribution is -0.114. The van der Waals surface area contributed by atoms with Crippen molar-refractivity contribution in [2.75, 3.05) is 43.0 Å². The molecule has 3 aromatic rings. The van der Waals surface area contributed by atoms with Crippen molar-refractivity contribution >= 4 is 41.0 Å². The molecule has 0 radical (unpaired) electrons. The van der Waals surface area contributed by atoms with E-state index in [1.165, 1.54) is 17.4 Å². The van der Waals surface area contributed by atoms with Crippen LogP contribution in [-0.4, -0.2) is 49.9 Å². The van der Waals surface area contributed by atoms with Crippen LogP contribution >= 0.6 is 11.8 Å². The van der Waals surface area contributed by atoms with Crippen LogP contribution in [0.4, 0.5) is 11.4 Å². The second-order valence-corrected chi connectivity index (χ2v) is 9.77. The Labute approximate surface area is 204 Å². The Balaban J connectivity index is 1.32. The largest absolute Gasteiger partial charge is 0.368 e. The van der Waals surface area contributed by atoms with Crippen molar-refractivity contribution in [1.82, 2.24) is 4.90 Å². The molecule has 0 spiro atoms. The first-order valence-electron chi connectivity index (χ1n) is 11.5. The third-order valence-electron chi connectivity index (χ3n) is 6.33. The number of hydrogen-bond acceptors (Lipinski definition) is 4. The number of aryl methyl sites for hydroxylation is 1. The number of nitrogens with zero attached hydrogens (tertiary/aromatic N) is 3. The van der Waals surface area contributed by atoms with Crippen LogP contribution in [0.15, 0.2) is 82.6 Å². The zero-order valence-corrected chi connectivity index (χ0v) is 20.2. The summed E-state index contributed by atoms with van der Waals surface area (Å²) in [5, 5.41) is 0. The highest BCUT2D eigenvalue weighted by atomic mass is 32.2. The minimum Gasteiger partial charge on any atom is -0.368 e. The van der Waals surface area contributed by atoms with Gasteiger partial charge in [0.1, 0.15) is 0 Å². The topological polar surface area (TPSA) is 43.9 Å². The Morgan fingerprint density at radius 1 is 0.912 bits per heavy atom. The monoisotopic (exact) mass is 469 g/mol. The number of rotatable bonds is 3. The molecule has 2 aliphatic heterocycles. The van der Waals surface area contributed by atoms with Crippen molar-refractivity contribution in [3.8, 4) is 0 Å². The first-order chi connectivity index (χ1) is 16.5. The molecule has 0 N–H and O–H groups in total. The summed E-state index contributed by atoms with van der Waals surface area (Å²) in [5.41, 5.74) is 4.76. The van der Waals surface area contributed by atoms with Crippen molar-refractivity contribution in [2.24, 2.45) is 0 Å². The molecular formula is C28H27N3O2S. The van der Waals surface area contributed by atoms with Gasteiger partial charge in [0.25, 0.3) is 11.8 Å². The second-order valence-electron chi connectivity index (χ2n) is 8.69. The molecule has 5 nitrogen and oxygen atoms in total. The Morgan fingerprint density at radius 3 is 2.41 bits per heavy atom. The van der Waals surface area contributed by atoms with Crippen LogP contribution in [0.25, 0.3) is 6.08 Å². The number of benzene rings is 3. The molecule has 2 aliphatic rings. The lowest BCUT2D eigenvalue weighted by atomic mass is 10.1. The normalized spacial score (nSPS) is 17.2. The average molecular weight is 470 g/mol. The molecule has 0 aliphatic carbocycles. The molecular weight excluding hydrogens is 442 g/mol. The van der Waals surface area contributed by atoms with E-state index >= 15 is 0 Å². The molecule has 5 rings (SSSR count). The van der Waals surface area contributed by atoms with Crippen molar-refractivity contribution in [1.29, 1.82) is 0 Å². The number of para-hydroxylation sites is 1. The minimum absolute atomic E-state index is 0.0162. The molecule has 2 amide bonds. The number of amides is 2. The molecule has 0 aromatic heterocycles. The lowest BCUT2D eigenvalue weighted by Crippen LogP contribution is -2.48. The van der Waals surface area contributed by atoms with Gasteiger partial charge in [-0.05, 0) is 48.9 Å². The molecule has 1 fully saturated rings. The zero-order valence-electron chi connectivity index (χ0n) is 19.4. The van der Waals surface area contributed by atoms with Gasteiger partial charge in [0.05, 0.1) is 10.6 Å². The van der Waals surface area contributed by atoms with Gasteiger partial charge >= 0.3 is 0 Å². The van der Waals surface area contributed by atoms with E-state index in [0.29, 0.717) is 23.6 Å². The Hall–Kier alpha value is -3.51. The molecule has 1 saturated heterocycles. The van der Waals surface area contributed by atoms with E-state index < -0.39 is 0 Å². The van der Waals surface area contributed by atoms with Gasteiger partial charge in [-0.2, -0.15) is 0 Å². The Bertz CT molecular complexity index is 1260. The predicted octanol–water partition coefficient (Wildman–Crippen LogP) is 5.07. The van der Waals surface area contributed by atoms with E-state index in [1.807, 2.05) is 72.5 Å². The maximum Gasteiger partial charge on any atom is 0.264 e. The SMILES string of the molecule is Cc1cccc(C=C2Sc3ccc(C(=O)N4CCN(c5ccccc5)CC4)cc3N(C)C2=O)c1. The van der Waals surface area contributed by atoms with Crippen LogP contribution in [-0.2, 0) is 4.79 Å². The Morgan fingerprint density at radius 2 is 1.68 bits per heavy atom. The van der Waals surface area contributed by atoms with E-state index in [1.54, 1.807) is 11.9 Å². The van der Waals surface area contributed by atoms with Crippen LogP contribution in [0.2, 0.25) is 0 Å². The fourth-order valence-electron chi connectivity index (χ4n) is 4.43. The minimum atomic E-state index is -0.0555. The Kier molecular flexibility index (Phi) is 6.16. The molecule has 3 aromatic carbocycles. The smallest absolute Gasteiger partial charge is 0.264 e. The van der Waals surface area contributed by atoms with Gasteiger partial charge in [0.15, 0.2) is 0 Å². The van der Waals surface area contributed by atoms with Gasteiger partial charge in [-0.3, -0.25) is 9.59 Å². The highest BCUT2D eigenvalue weighted by molar-refractivity contribution is 8.04. The number of piperazine rings is 1. The van der Waals surface area contributed by atoms with Crippen LogP contribution < -0.4 is 9.80 Å². The molecule has 0 bridgehead atoms. The summed E-state index contributed by atoms with van der Waals surface area (Å²) >= 11 is 1.46. The maximum atomic E-state index is 13.2. The van der Waals surface area contributed by atoms with E-state index in [4.69, 9.17) is 0 Å². The summed E-state index contributed by atoms with van der Waals surface area (Å²) in [6, 6.07) is 24.1. The summed E-state index contributed by atoms with van der Waals surface area (Å²) < 4.78 is 0. The number of carbonyl (C=O) groups is 2. The van der Waals surface area contributed by atoms with Crippen molar-refractivity contribution in [2.45, 2.75) is 11.8 Å².